The summed E-state index contributed by atoms with van der Waals surface area (Å²) in [4.78, 5) is 23.1. The Hall–Kier alpha value is -3.14. The molecule has 1 aromatic carbocycles. The van der Waals surface area contributed by atoms with E-state index in [0.29, 0.717) is 36.4 Å². The molecule has 9 heteroatoms. The van der Waals surface area contributed by atoms with Crippen LogP contribution < -0.4 is 4.90 Å². The molecule has 3 saturated heterocycles. The second-order valence-electron chi connectivity index (χ2n) is 9.97. The molecule has 4 aromatic heterocycles. The number of thioether (sulfide) groups is 1. The van der Waals surface area contributed by atoms with Gasteiger partial charge in [-0.25, -0.2) is 15.0 Å². The van der Waals surface area contributed by atoms with E-state index in [-0.39, 0.29) is 0 Å². The highest BCUT2D eigenvalue weighted by atomic mass is 32.2. The fourth-order valence-corrected chi connectivity index (χ4v) is 7.44. The number of furan rings is 1. The number of hydrogen-bond acceptors (Lipinski definition) is 8. The first-order chi connectivity index (χ1) is 17.8. The van der Waals surface area contributed by atoms with Crippen LogP contribution in [0, 0.1) is 0 Å². The van der Waals surface area contributed by atoms with E-state index in [2.05, 4.69) is 50.8 Å². The lowest BCUT2D eigenvalue weighted by Crippen LogP contribution is -2.37. The Kier molecular flexibility index (Phi) is 4.78. The maximum absolute atomic E-state index is 6.33. The lowest BCUT2D eigenvalue weighted by molar-refractivity contribution is 0.122. The SMILES string of the molecule is c1cc(-c2nc(N3CCOCC3)c3oc4ncc(CN5C[C@@H]6C[C@H]5CS6)cc4c3n2)c2cc[nH]c2c1. The molecule has 0 amide bonds. The number of hydrogen-bond donors (Lipinski definition) is 1. The van der Waals surface area contributed by atoms with Crippen LogP contribution in [-0.4, -0.2) is 74.7 Å². The van der Waals surface area contributed by atoms with Gasteiger partial charge >= 0.3 is 0 Å². The number of nitrogens with zero attached hydrogens (tertiary/aromatic N) is 5. The highest BCUT2D eigenvalue weighted by molar-refractivity contribution is 8.00. The summed E-state index contributed by atoms with van der Waals surface area (Å²) in [6, 6.07) is 11.2. The minimum absolute atomic E-state index is 0.619. The van der Waals surface area contributed by atoms with Crippen LogP contribution in [-0.2, 0) is 11.3 Å². The van der Waals surface area contributed by atoms with E-state index in [0.717, 1.165) is 58.1 Å². The smallest absolute Gasteiger partial charge is 0.229 e. The molecule has 36 heavy (non-hydrogen) atoms. The maximum Gasteiger partial charge on any atom is 0.229 e. The Morgan fingerprint density at radius 2 is 2.06 bits per heavy atom. The fraction of sp³-hybridized carbons (Fsp3) is 0.370. The van der Waals surface area contributed by atoms with E-state index < -0.39 is 0 Å². The van der Waals surface area contributed by atoms with Crippen molar-refractivity contribution in [1.82, 2.24) is 24.8 Å². The predicted molar refractivity (Wildman–Crippen MR) is 142 cm³/mol. The number of H-pyrrole nitrogens is 1. The normalized spacial score (nSPS) is 22.5. The zero-order chi connectivity index (χ0) is 23.6. The molecule has 8 rings (SSSR count). The van der Waals surface area contributed by atoms with Gasteiger partial charge in [-0.3, -0.25) is 4.90 Å². The Balaban J connectivity index is 1.29. The predicted octanol–water partition coefficient (Wildman–Crippen LogP) is 4.45. The van der Waals surface area contributed by atoms with Crippen LogP contribution >= 0.6 is 11.8 Å². The van der Waals surface area contributed by atoms with Crippen molar-refractivity contribution in [1.29, 1.82) is 0 Å². The van der Waals surface area contributed by atoms with Gasteiger partial charge in [-0.2, -0.15) is 11.8 Å². The molecule has 0 spiro atoms. The third-order valence-electron chi connectivity index (χ3n) is 7.76. The third-order valence-corrected chi connectivity index (χ3v) is 9.15. The van der Waals surface area contributed by atoms with Crippen LogP contribution in [0.25, 0.3) is 44.5 Å². The lowest BCUT2D eigenvalue weighted by atomic mass is 10.1. The Labute approximate surface area is 212 Å². The average molecular weight is 499 g/mol. The highest BCUT2D eigenvalue weighted by Gasteiger charge is 2.38. The Bertz CT molecular complexity index is 1610. The summed E-state index contributed by atoms with van der Waals surface area (Å²) in [6.45, 7) is 4.98. The van der Waals surface area contributed by atoms with Crippen LogP contribution in [0.2, 0.25) is 0 Å². The summed E-state index contributed by atoms with van der Waals surface area (Å²) in [5.41, 5.74) is 5.45. The van der Waals surface area contributed by atoms with Crippen molar-refractivity contribution in [3.8, 4) is 11.4 Å². The molecule has 3 aliphatic rings. The summed E-state index contributed by atoms with van der Waals surface area (Å²) in [7, 11) is 0. The molecule has 2 atom stereocenters. The number of aromatic amines is 1. The van der Waals surface area contributed by atoms with E-state index in [4.69, 9.17) is 24.1 Å². The molecule has 0 radical (unpaired) electrons. The van der Waals surface area contributed by atoms with E-state index in [1.54, 1.807) is 0 Å². The van der Waals surface area contributed by atoms with Crippen molar-refractivity contribution in [3.63, 3.8) is 0 Å². The van der Waals surface area contributed by atoms with Gasteiger partial charge in [0.05, 0.1) is 18.6 Å². The molecule has 2 bridgehead atoms. The molecule has 0 aliphatic carbocycles. The monoisotopic (exact) mass is 498 g/mol. The number of morpholine rings is 1. The van der Waals surface area contributed by atoms with Crippen molar-refractivity contribution in [2.24, 2.45) is 0 Å². The van der Waals surface area contributed by atoms with Gasteiger partial charge in [-0.1, -0.05) is 12.1 Å². The van der Waals surface area contributed by atoms with Crippen molar-refractivity contribution < 1.29 is 9.15 Å². The summed E-state index contributed by atoms with van der Waals surface area (Å²) in [6.07, 6.45) is 5.24. The van der Waals surface area contributed by atoms with Crippen LogP contribution in [0.1, 0.15) is 12.0 Å². The van der Waals surface area contributed by atoms with Gasteiger partial charge in [0.2, 0.25) is 5.71 Å². The van der Waals surface area contributed by atoms with Gasteiger partial charge in [0.1, 0.15) is 5.52 Å². The molecule has 3 aliphatic heterocycles. The van der Waals surface area contributed by atoms with Gasteiger partial charge in [0.25, 0.3) is 0 Å². The summed E-state index contributed by atoms with van der Waals surface area (Å²) < 4.78 is 11.9. The molecule has 5 aromatic rings. The number of rotatable bonds is 4. The Morgan fingerprint density at radius 1 is 1.11 bits per heavy atom. The van der Waals surface area contributed by atoms with Crippen molar-refractivity contribution in [2.45, 2.75) is 24.3 Å². The minimum atomic E-state index is 0.619. The van der Waals surface area contributed by atoms with E-state index >= 15 is 0 Å². The second kappa shape index (κ2) is 8.19. The van der Waals surface area contributed by atoms with Crippen molar-refractivity contribution in [2.75, 3.05) is 43.5 Å². The van der Waals surface area contributed by atoms with Crippen LogP contribution in [0.3, 0.4) is 0 Å². The van der Waals surface area contributed by atoms with Crippen molar-refractivity contribution in [3.05, 3.63) is 48.3 Å². The number of ether oxygens (including phenoxy) is 1. The first-order valence-electron chi connectivity index (χ1n) is 12.6. The van der Waals surface area contributed by atoms with Gasteiger partial charge in [0, 0.05) is 72.1 Å². The van der Waals surface area contributed by atoms with Gasteiger partial charge < -0.3 is 19.0 Å². The summed E-state index contributed by atoms with van der Waals surface area (Å²) >= 11 is 2.12. The van der Waals surface area contributed by atoms with Gasteiger partial charge in [0.15, 0.2) is 17.2 Å². The second-order valence-corrected chi connectivity index (χ2v) is 11.3. The van der Waals surface area contributed by atoms with Crippen LogP contribution in [0.4, 0.5) is 5.82 Å². The summed E-state index contributed by atoms with van der Waals surface area (Å²) in [5.74, 6) is 2.77. The average Bonchev–Trinajstić information content (AvgIpc) is 3.72. The zero-order valence-electron chi connectivity index (χ0n) is 19.8. The Morgan fingerprint density at radius 3 is 2.92 bits per heavy atom. The van der Waals surface area contributed by atoms with Crippen LogP contribution in [0.5, 0.6) is 0 Å². The quantitative estimate of drug-likeness (QED) is 0.389. The molecule has 0 unspecified atom stereocenters. The largest absolute Gasteiger partial charge is 0.432 e. The first kappa shape index (κ1) is 21.0. The number of likely N-dealkylation sites (tertiary alicyclic amines) is 1. The fourth-order valence-electron chi connectivity index (χ4n) is 5.94. The zero-order valence-corrected chi connectivity index (χ0v) is 20.6. The van der Waals surface area contributed by atoms with E-state index in [1.165, 1.54) is 24.3 Å². The van der Waals surface area contributed by atoms with Gasteiger partial charge in [-0.05, 0) is 30.2 Å². The molecular weight excluding hydrogens is 472 g/mol. The number of anilines is 1. The minimum Gasteiger partial charge on any atom is -0.432 e. The number of aromatic nitrogens is 4. The molecule has 3 fully saturated rings. The van der Waals surface area contributed by atoms with E-state index in [1.807, 2.05) is 18.5 Å². The van der Waals surface area contributed by atoms with Gasteiger partial charge in [-0.15, -0.1) is 0 Å². The first-order valence-corrected chi connectivity index (χ1v) is 13.7. The topological polar surface area (TPSA) is 83.3 Å². The third kappa shape index (κ3) is 3.33. The molecule has 182 valence electrons. The highest BCUT2D eigenvalue weighted by Crippen LogP contribution is 2.39. The molecule has 7 heterocycles. The standard InChI is InChI=1S/C27H26N6O2S/c1-2-20(19-4-5-28-22(19)3-1)25-30-23-21-10-16(13-33-14-18-11-17(33)15-36-18)12-29-27(21)35-24(23)26(31-25)32-6-8-34-9-7-32/h1-5,10,12,17-18,28H,6-9,11,13-15H2/t17-,18-/m0/s1. The summed E-state index contributed by atoms with van der Waals surface area (Å²) in [5, 5.41) is 2.86. The number of fused-ring (bicyclic) bond motifs is 6. The lowest BCUT2D eigenvalue weighted by Gasteiger charge is -2.27. The van der Waals surface area contributed by atoms with E-state index in [9.17, 15) is 0 Å². The maximum atomic E-state index is 6.33. The number of nitrogens with one attached hydrogen (secondary N) is 1. The van der Waals surface area contributed by atoms with Crippen LogP contribution in [0.15, 0.2) is 47.1 Å². The number of benzene rings is 1. The molecule has 0 saturated carbocycles. The number of pyridine rings is 1. The van der Waals surface area contributed by atoms with Crippen molar-refractivity contribution >= 4 is 50.7 Å². The molecule has 8 nitrogen and oxygen atoms in total. The molecule has 1 N–H and O–H groups in total. The molecular formula is C27H26N6O2S.